The minimum Gasteiger partial charge on any atom is -0.308 e. The van der Waals surface area contributed by atoms with Crippen LogP contribution in [0.5, 0.6) is 0 Å². The predicted octanol–water partition coefficient (Wildman–Crippen LogP) is 6.19. The molecule has 0 bridgehead atoms. The molecule has 2 N–H and O–H groups in total. The quantitative estimate of drug-likeness (QED) is 0.519. The molecule has 9 heteroatoms. The van der Waals surface area contributed by atoms with Gasteiger partial charge >= 0.3 is 6.03 Å². The topological polar surface area (TPSA) is 59.0 Å². The molecule has 0 aliphatic rings. The third-order valence-corrected chi connectivity index (χ3v) is 4.67. The van der Waals surface area contributed by atoms with Crippen LogP contribution in [0.4, 0.5) is 16.3 Å². The fourth-order valence-corrected chi connectivity index (χ4v) is 3.05. The summed E-state index contributed by atoms with van der Waals surface area (Å²) in [6.45, 7) is 0.318. The maximum absolute atomic E-state index is 12.1. The van der Waals surface area contributed by atoms with Gasteiger partial charge in [-0.15, -0.1) is 0 Å². The number of hydrogen-bond donors (Lipinski definition) is 2. The van der Waals surface area contributed by atoms with Crippen LogP contribution in [0.3, 0.4) is 0 Å². The van der Waals surface area contributed by atoms with Crippen molar-refractivity contribution in [3.63, 3.8) is 0 Å². The van der Waals surface area contributed by atoms with E-state index in [2.05, 4.69) is 15.7 Å². The van der Waals surface area contributed by atoms with E-state index in [0.29, 0.717) is 37.9 Å². The summed E-state index contributed by atoms with van der Waals surface area (Å²) in [5.74, 6) is 0.223. The number of carbonyl (C=O) groups excluding carboxylic acids is 1. The Morgan fingerprint density at radius 3 is 2.23 bits per heavy atom. The average molecular weight is 430 g/mol. The second-order valence-corrected chi connectivity index (χ2v) is 6.97. The Morgan fingerprint density at radius 1 is 0.923 bits per heavy atom. The van der Waals surface area contributed by atoms with Crippen LogP contribution in [0, 0.1) is 0 Å². The molecule has 0 unspecified atom stereocenters. The SMILES string of the molecule is O=C(Nc1ccc(Cl)cc1)Nc1nn(Cc2c(Cl)cccc2Cl)cc1Cl. The highest BCUT2D eigenvalue weighted by Gasteiger charge is 2.13. The second-order valence-electron chi connectivity index (χ2n) is 5.31. The van der Waals surface area contributed by atoms with Gasteiger partial charge in [0.2, 0.25) is 0 Å². The molecule has 3 aromatic rings. The molecule has 2 aromatic carbocycles. The summed E-state index contributed by atoms with van der Waals surface area (Å²) in [6.07, 6.45) is 1.58. The molecule has 0 spiro atoms. The van der Waals surface area contributed by atoms with Gasteiger partial charge < -0.3 is 5.32 Å². The second kappa shape index (κ2) is 8.18. The van der Waals surface area contributed by atoms with Gasteiger partial charge in [0.05, 0.1) is 6.54 Å². The lowest BCUT2D eigenvalue weighted by atomic mass is 10.2. The van der Waals surface area contributed by atoms with E-state index in [0.717, 1.165) is 0 Å². The molecule has 0 atom stereocenters. The Bertz CT molecular complexity index is 920. The van der Waals surface area contributed by atoms with Gasteiger partial charge in [0, 0.05) is 32.5 Å². The van der Waals surface area contributed by atoms with Crippen LogP contribution in [0.1, 0.15) is 5.56 Å². The van der Waals surface area contributed by atoms with Crippen molar-refractivity contribution in [1.82, 2.24) is 9.78 Å². The number of rotatable bonds is 4. The highest BCUT2D eigenvalue weighted by Crippen LogP contribution is 2.27. The van der Waals surface area contributed by atoms with Gasteiger partial charge in [0.15, 0.2) is 5.82 Å². The fraction of sp³-hybridized carbons (Fsp3) is 0.0588. The van der Waals surface area contributed by atoms with Gasteiger partial charge in [-0.25, -0.2) is 4.79 Å². The molecule has 1 aromatic heterocycles. The molecule has 1 heterocycles. The van der Waals surface area contributed by atoms with Crippen LogP contribution in [-0.4, -0.2) is 15.8 Å². The number of anilines is 2. The maximum atomic E-state index is 12.1. The summed E-state index contributed by atoms with van der Waals surface area (Å²) in [5.41, 5.74) is 1.30. The molecule has 3 rings (SSSR count). The summed E-state index contributed by atoms with van der Waals surface area (Å²) < 4.78 is 1.55. The Morgan fingerprint density at radius 2 is 1.58 bits per heavy atom. The van der Waals surface area contributed by atoms with Gasteiger partial charge in [0.25, 0.3) is 0 Å². The molecule has 0 saturated carbocycles. The molecule has 0 fully saturated rings. The van der Waals surface area contributed by atoms with Gasteiger partial charge in [-0.05, 0) is 36.4 Å². The van der Waals surface area contributed by atoms with Crippen LogP contribution in [0.15, 0.2) is 48.7 Å². The van der Waals surface area contributed by atoms with E-state index in [1.54, 1.807) is 53.3 Å². The molecule has 5 nitrogen and oxygen atoms in total. The molecular weight excluding hydrogens is 418 g/mol. The van der Waals surface area contributed by atoms with Crippen LogP contribution in [0.2, 0.25) is 20.1 Å². The zero-order valence-corrected chi connectivity index (χ0v) is 16.2. The smallest absolute Gasteiger partial charge is 0.308 e. The Labute approximate surface area is 169 Å². The van der Waals surface area contributed by atoms with E-state index in [4.69, 9.17) is 46.4 Å². The van der Waals surface area contributed by atoms with Crippen molar-refractivity contribution in [1.29, 1.82) is 0 Å². The third-order valence-electron chi connectivity index (χ3n) is 3.43. The summed E-state index contributed by atoms with van der Waals surface area (Å²) in [4.78, 5) is 12.1. The number of urea groups is 1. The first-order chi connectivity index (χ1) is 12.4. The number of benzene rings is 2. The maximum Gasteiger partial charge on any atom is 0.324 e. The Hall–Kier alpha value is -1.92. The molecule has 134 valence electrons. The number of hydrogen-bond acceptors (Lipinski definition) is 2. The van der Waals surface area contributed by atoms with Crippen LogP contribution < -0.4 is 10.6 Å². The lowest BCUT2D eigenvalue weighted by molar-refractivity contribution is 0.262. The normalized spacial score (nSPS) is 10.6. The molecule has 0 radical (unpaired) electrons. The van der Waals surface area contributed by atoms with Crippen molar-refractivity contribution in [2.75, 3.05) is 10.6 Å². The van der Waals surface area contributed by atoms with E-state index < -0.39 is 6.03 Å². The first-order valence-corrected chi connectivity index (χ1v) is 8.93. The van der Waals surface area contributed by atoms with E-state index in [1.165, 1.54) is 0 Å². The largest absolute Gasteiger partial charge is 0.324 e. The highest BCUT2D eigenvalue weighted by molar-refractivity contribution is 6.36. The van der Waals surface area contributed by atoms with E-state index in [9.17, 15) is 4.79 Å². The number of amides is 2. The van der Waals surface area contributed by atoms with Crippen molar-refractivity contribution in [2.24, 2.45) is 0 Å². The van der Waals surface area contributed by atoms with E-state index in [1.807, 2.05) is 0 Å². The molecule has 0 aliphatic carbocycles. The van der Waals surface area contributed by atoms with Crippen LogP contribution >= 0.6 is 46.4 Å². The number of nitrogens with zero attached hydrogens (tertiary/aromatic N) is 2. The van der Waals surface area contributed by atoms with Crippen molar-refractivity contribution in [2.45, 2.75) is 6.54 Å². The molecule has 0 aliphatic heterocycles. The highest BCUT2D eigenvalue weighted by atomic mass is 35.5. The van der Waals surface area contributed by atoms with E-state index >= 15 is 0 Å². The lowest BCUT2D eigenvalue weighted by Gasteiger charge is -2.07. The van der Waals surface area contributed by atoms with Gasteiger partial charge in [-0.1, -0.05) is 52.5 Å². The van der Waals surface area contributed by atoms with Gasteiger partial charge in [-0.2, -0.15) is 5.10 Å². The van der Waals surface area contributed by atoms with E-state index in [-0.39, 0.29) is 5.82 Å². The van der Waals surface area contributed by atoms with Crippen molar-refractivity contribution in [3.05, 3.63) is 74.3 Å². The van der Waals surface area contributed by atoms with Crippen molar-refractivity contribution >= 4 is 63.9 Å². The molecule has 2 amide bonds. The first kappa shape index (κ1) is 18.9. The summed E-state index contributed by atoms with van der Waals surface area (Å²) in [6, 6.07) is 11.5. The Balaban J connectivity index is 1.70. The Kier molecular flexibility index (Phi) is 5.94. The summed E-state index contributed by atoms with van der Waals surface area (Å²) >= 11 is 24.3. The number of nitrogens with one attached hydrogen (secondary N) is 2. The fourth-order valence-electron chi connectivity index (χ4n) is 2.21. The monoisotopic (exact) mass is 428 g/mol. The lowest BCUT2D eigenvalue weighted by Crippen LogP contribution is -2.20. The van der Waals surface area contributed by atoms with Gasteiger partial charge in [-0.3, -0.25) is 10.00 Å². The zero-order valence-electron chi connectivity index (χ0n) is 13.1. The van der Waals surface area contributed by atoms with Crippen molar-refractivity contribution in [3.8, 4) is 0 Å². The zero-order chi connectivity index (χ0) is 18.7. The number of aromatic nitrogens is 2. The predicted molar refractivity (Wildman–Crippen MR) is 107 cm³/mol. The minimum atomic E-state index is -0.477. The molecule has 26 heavy (non-hydrogen) atoms. The third kappa shape index (κ3) is 4.62. The van der Waals surface area contributed by atoms with Crippen LogP contribution in [-0.2, 0) is 6.54 Å². The summed E-state index contributed by atoms with van der Waals surface area (Å²) in [5, 5.41) is 11.4. The standard InChI is InChI=1S/C17H12Cl4N4O/c18-10-4-6-11(7-5-10)22-17(26)23-16-15(21)9-25(24-16)8-12-13(19)2-1-3-14(12)20/h1-7,9H,8H2,(H2,22,23,24,26). The average Bonchev–Trinajstić information content (AvgIpc) is 2.93. The van der Waals surface area contributed by atoms with Crippen LogP contribution in [0.25, 0.3) is 0 Å². The first-order valence-electron chi connectivity index (χ1n) is 7.42. The number of carbonyl (C=O) groups is 1. The summed E-state index contributed by atoms with van der Waals surface area (Å²) in [7, 11) is 0. The number of halogens is 4. The van der Waals surface area contributed by atoms with Crippen molar-refractivity contribution < 1.29 is 4.79 Å². The van der Waals surface area contributed by atoms with Gasteiger partial charge in [0.1, 0.15) is 5.02 Å². The molecular formula is C17H12Cl4N4O. The minimum absolute atomic E-state index is 0.223. The molecule has 0 saturated heterocycles.